The summed E-state index contributed by atoms with van der Waals surface area (Å²) in [5.41, 5.74) is 2.38. The minimum Gasteiger partial charge on any atom is -0.350 e. The van der Waals surface area contributed by atoms with Gasteiger partial charge in [-0.2, -0.15) is 0 Å². The zero-order chi connectivity index (χ0) is 16.6. The van der Waals surface area contributed by atoms with Crippen LogP contribution in [0.25, 0.3) is 10.9 Å². The van der Waals surface area contributed by atoms with Crippen LogP contribution in [0.3, 0.4) is 0 Å². The predicted molar refractivity (Wildman–Crippen MR) is 90.8 cm³/mol. The Morgan fingerprint density at radius 2 is 2.09 bits per heavy atom. The molecule has 0 spiro atoms. The highest BCUT2D eigenvalue weighted by atomic mass is 35.5. The number of carbonyl (C=O) groups is 2. The quantitative estimate of drug-likeness (QED) is 0.918. The highest BCUT2D eigenvalue weighted by Crippen LogP contribution is 2.26. The minimum atomic E-state index is -0.0550. The number of aromatic amines is 1. The summed E-state index contributed by atoms with van der Waals surface area (Å²) in [6.07, 6.45) is 0.380. The molecule has 5 nitrogen and oxygen atoms in total. The van der Waals surface area contributed by atoms with E-state index in [1.807, 2.05) is 26.0 Å². The van der Waals surface area contributed by atoms with Crippen molar-refractivity contribution in [3.63, 3.8) is 0 Å². The summed E-state index contributed by atoms with van der Waals surface area (Å²) >= 11 is 6.05. The normalized spacial score (nSPS) is 16.0. The Hall–Kier alpha value is -2.01. The number of hydrogen-bond acceptors (Lipinski definition) is 2. The van der Waals surface area contributed by atoms with Crippen LogP contribution in [0.5, 0.6) is 0 Å². The van der Waals surface area contributed by atoms with Crippen LogP contribution in [0.2, 0.25) is 5.02 Å². The summed E-state index contributed by atoms with van der Waals surface area (Å²) in [5, 5.41) is 1.61. The molecule has 2 heterocycles. The molecule has 1 aromatic heterocycles. The van der Waals surface area contributed by atoms with E-state index in [0.29, 0.717) is 43.3 Å². The Morgan fingerprint density at radius 3 is 2.83 bits per heavy atom. The standard InChI is InChI=1S/C17H20ClN3O2/c1-3-20-8-9-21(7-6-15(20)22)17(23)16-11(2)13-10-12(18)4-5-14(13)19-16/h4-5,10,19H,3,6-9H2,1-2H3. The van der Waals surface area contributed by atoms with Gasteiger partial charge in [0.15, 0.2) is 0 Å². The molecule has 1 fully saturated rings. The van der Waals surface area contributed by atoms with Gasteiger partial charge in [-0.3, -0.25) is 9.59 Å². The van der Waals surface area contributed by atoms with Crippen LogP contribution in [0, 0.1) is 6.92 Å². The number of rotatable bonds is 2. The summed E-state index contributed by atoms with van der Waals surface area (Å²) in [6, 6.07) is 5.55. The summed E-state index contributed by atoms with van der Waals surface area (Å²) in [5.74, 6) is 0.0588. The monoisotopic (exact) mass is 333 g/mol. The zero-order valence-corrected chi connectivity index (χ0v) is 14.1. The second kappa shape index (κ2) is 6.24. The molecule has 1 N–H and O–H groups in total. The minimum absolute atomic E-state index is 0.0550. The fourth-order valence-corrected chi connectivity index (χ4v) is 3.25. The number of amides is 2. The maximum Gasteiger partial charge on any atom is 0.270 e. The predicted octanol–water partition coefficient (Wildman–Crippen LogP) is 2.82. The fraction of sp³-hybridized carbons (Fsp3) is 0.412. The maximum atomic E-state index is 12.9. The topological polar surface area (TPSA) is 56.4 Å². The number of benzene rings is 1. The first-order chi connectivity index (χ1) is 11.0. The maximum absolute atomic E-state index is 12.9. The van der Waals surface area contributed by atoms with Gasteiger partial charge in [0, 0.05) is 48.5 Å². The molecular weight excluding hydrogens is 314 g/mol. The molecule has 122 valence electrons. The molecule has 6 heteroatoms. The van der Waals surface area contributed by atoms with Gasteiger partial charge in [-0.15, -0.1) is 0 Å². The third-order valence-corrected chi connectivity index (χ3v) is 4.73. The van der Waals surface area contributed by atoms with Gasteiger partial charge in [0.05, 0.1) is 0 Å². The molecule has 1 saturated heterocycles. The molecule has 23 heavy (non-hydrogen) atoms. The second-order valence-corrected chi connectivity index (χ2v) is 6.27. The average molecular weight is 334 g/mol. The van der Waals surface area contributed by atoms with Gasteiger partial charge in [0.1, 0.15) is 5.69 Å². The van der Waals surface area contributed by atoms with Gasteiger partial charge < -0.3 is 14.8 Å². The van der Waals surface area contributed by atoms with Crippen molar-refractivity contribution in [2.75, 3.05) is 26.2 Å². The van der Waals surface area contributed by atoms with Crippen LogP contribution in [-0.2, 0) is 4.79 Å². The lowest BCUT2D eigenvalue weighted by atomic mass is 10.1. The van der Waals surface area contributed by atoms with Crippen LogP contribution in [0.1, 0.15) is 29.4 Å². The molecule has 0 bridgehead atoms. The number of hydrogen-bond donors (Lipinski definition) is 1. The van der Waals surface area contributed by atoms with Crippen molar-refractivity contribution in [2.24, 2.45) is 0 Å². The van der Waals surface area contributed by atoms with E-state index >= 15 is 0 Å². The molecule has 1 aliphatic heterocycles. The van der Waals surface area contributed by atoms with Gasteiger partial charge in [0.2, 0.25) is 5.91 Å². The number of halogens is 1. The van der Waals surface area contributed by atoms with E-state index in [1.165, 1.54) is 0 Å². The molecule has 1 aliphatic rings. The second-order valence-electron chi connectivity index (χ2n) is 5.83. The Labute approximate surface area is 140 Å². The van der Waals surface area contributed by atoms with Gasteiger partial charge >= 0.3 is 0 Å². The number of nitrogens with one attached hydrogen (secondary N) is 1. The Morgan fingerprint density at radius 1 is 1.30 bits per heavy atom. The van der Waals surface area contributed by atoms with E-state index in [1.54, 1.807) is 15.9 Å². The van der Waals surface area contributed by atoms with Crippen molar-refractivity contribution < 1.29 is 9.59 Å². The van der Waals surface area contributed by atoms with Crippen LogP contribution in [0.4, 0.5) is 0 Å². The number of aryl methyl sites for hydroxylation is 1. The first kappa shape index (κ1) is 15.9. The Kier molecular flexibility index (Phi) is 4.31. The highest BCUT2D eigenvalue weighted by Gasteiger charge is 2.26. The van der Waals surface area contributed by atoms with Crippen molar-refractivity contribution in [3.05, 3.63) is 34.5 Å². The number of likely N-dealkylation sites (N-methyl/N-ethyl adjacent to an activating group) is 1. The Bertz CT molecular complexity index is 769. The third kappa shape index (κ3) is 2.93. The van der Waals surface area contributed by atoms with E-state index in [-0.39, 0.29) is 11.8 Å². The Balaban J connectivity index is 1.88. The SMILES string of the molecule is CCN1CCN(C(=O)c2[nH]c3ccc(Cl)cc3c2C)CCC1=O. The fourth-order valence-electron chi connectivity index (χ4n) is 3.07. The van der Waals surface area contributed by atoms with Gasteiger partial charge in [-0.25, -0.2) is 0 Å². The number of nitrogens with zero attached hydrogens (tertiary/aromatic N) is 2. The van der Waals surface area contributed by atoms with E-state index in [9.17, 15) is 9.59 Å². The van der Waals surface area contributed by atoms with Crippen LogP contribution in [0.15, 0.2) is 18.2 Å². The molecule has 2 amide bonds. The van der Waals surface area contributed by atoms with Crippen molar-refractivity contribution in [1.82, 2.24) is 14.8 Å². The first-order valence-corrected chi connectivity index (χ1v) is 8.24. The number of aromatic nitrogens is 1. The third-order valence-electron chi connectivity index (χ3n) is 4.49. The van der Waals surface area contributed by atoms with E-state index in [2.05, 4.69) is 4.98 Å². The summed E-state index contributed by atoms with van der Waals surface area (Å²) in [4.78, 5) is 31.6. The van der Waals surface area contributed by atoms with Crippen molar-refractivity contribution in [3.8, 4) is 0 Å². The smallest absolute Gasteiger partial charge is 0.270 e. The van der Waals surface area contributed by atoms with E-state index in [0.717, 1.165) is 16.5 Å². The van der Waals surface area contributed by atoms with E-state index < -0.39 is 0 Å². The van der Waals surface area contributed by atoms with Crippen LogP contribution < -0.4 is 0 Å². The molecule has 0 radical (unpaired) electrons. The zero-order valence-electron chi connectivity index (χ0n) is 13.4. The first-order valence-electron chi connectivity index (χ1n) is 7.86. The average Bonchev–Trinajstić information content (AvgIpc) is 2.74. The molecular formula is C17H20ClN3O2. The lowest BCUT2D eigenvalue weighted by molar-refractivity contribution is -0.130. The van der Waals surface area contributed by atoms with Crippen LogP contribution >= 0.6 is 11.6 Å². The van der Waals surface area contributed by atoms with Crippen LogP contribution in [-0.4, -0.2) is 52.8 Å². The molecule has 2 aromatic rings. The largest absolute Gasteiger partial charge is 0.350 e. The van der Waals surface area contributed by atoms with Crippen molar-refractivity contribution in [2.45, 2.75) is 20.3 Å². The lowest BCUT2D eigenvalue weighted by Crippen LogP contribution is -2.36. The summed E-state index contributed by atoms with van der Waals surface area (Å²) in [7, 11) is 0. The molecule has 0 saturated carbocycles. The number of fused-ring (bicyclic) bond motifs is 1. The summed E-state index contributed by atoms with van der Waals surface area (Å²) < 4.78 is 0. The van der Waals surface area contributed by atoms with Gasteiger partial charge in [-0.1, -0.05) is 11.6 Å². The highest BCUT2D eigenvalue weighted by molar-refractivity contribution is 6.31. The van der Waals surface area contributed by atoms with Crippen molar-refractivity contribution in [1.29, 1.82) is 0 Å². The van der Waals surface area contributed by atoms with Crippen molar-refractivity contribution >= 4 is 34.3 Å². The number of H-pyrrole nitrogens is 1. The molecule has 0 unspecified atom stereocenters. The van der Waals surface area contributed by atoms with Gasteiger partial charge in [0.25, 0.3) is 5.91 Å². The van der Waals surface area contributed by atoms with Gasteiger partial charge in [-0.05, 0) is 37.6 Å². The molecule has 0 aliphatic carbocycles. The lowest BCUT2D eigenvalue weighted by Gasteiger charge is -2.21. The number of carbonyl (C=O) groups excluding carboxylic acids is 2. The molecule has 3 rings (SSSR count). The molecule has 1 aromatic carbocycles. The molecule has 0 atom stereocenters. The summed E-state index contributed by atoms with van der Waals surface area (Å²) in [6.45, 7) is 6.18. The van der Waals surface area contributed by atoms with E-state index in [4.69, 9.17) is 11.6 Å².